The summed E-state index contributed by atoms with van der Waals surface area (Å²) in [6.07, 6.45) is -0.221. The van der Waals surface area contributed by atoms with E-state index in [9.17, 15) is 13.2 Å². The van der Waals surface area contributed by atoms with E-state index in [-0.39, 0.29) is 26.7 Å². The van der Waals surface area contributed by atoms with Crippen molar-refractivity contribution in [2.75, 3.05) is 6.54 Å². The van der Waals surface area contributed by atoms with Crippen LogP contribution in [0.1, 0.15) is 47.6 Å². The van der Waals surface area contributed by atoms with E-state index in [1.807, 2.05) is 19.1 Å². The number of rotatable bonds is 5. The van der Waals surface area contributed by atoms with E-state index in [2.05, 4.69) is 10.6 Å². The van der Waals surface area contributed by atoms with Crippen molar-refractivity contribution in [1.29, 1.82) is 0 Å². The normalized spacial score (nSPS) is 16.9. The molecule has 2 N–H and O–H groups in total. The van der Waals surface area contributed by atoms with E-state index in [4.69, 9.17) is 47.0 Å². The molecule has 2 aromatic rings. The van der Waals surface area contributed by atoms with Crippen molar-refractivity contribution in [1.82, 2.24) is 10.6 Å². The Balaban J connectivity index is 1.83. The molecule has 0 heterocycles. The molecule has 0 aromatic heterocycles. The van der Waals surface area contributed by atoms with Gasteiger partial charge in [-0.25, -0.2) is 0 Å². The third-order valence-corrected chi connectivity index (χ3v) is 6.55. The number of benzene rings is 2. The molecule has 1 aliphatic rings. The van der Waals surface area contributed by atoms with Gasteiger partial charge in [0.05, 0.1) is 27.0 Å². The standard InChI is InChI=1S/C22H20Cl3F3N2S/c1-2-29-21(31)30-19-8-5-13-9-12(3-6-15(13)19)4-7-16(22(26,27)28)14-10-17(23)20(25)18(24)11-14/h3-4,6-7,9-11,16,19H,2,5,8H2,1H3,(H2,29,30,31). The van der Waals surface area contributed by atoms with Gasteiger partial charge < -0.3 is 10.6 Å². The Morgan fingerprint density at radius 3 is 2.48 bits per heavy atom. The molecule has 0 aliphatic heterocycles. The Kier molecular flexibility index (Phi) is 7.79. The highest BCUT2D eigenvalue weighted by molar-refractivity contribution is 7.80. The molecule has 0 radical (unpaired) electrons. The molecule has 0 saturated carbocycles. The maximum atomic E-state index is 13.7. The molecular formula is C22H20Cl3F3N2S. The first-order valence-corrected chi connectivity index (χ1v) is 11.2. The van der Waals surface area contributed by atoms with Gasteiger partial charge in [-0.05, 0) is 66.4 Å². The second-order valence-electron chi connectivity index (χ2n) is 7.23. The summed E-state index contributed by atoms with van der Waals surface area (Å²) in [5.41, 5.74) is 2.83. The van der Waals surface area contributed by atoms with Gasteiger partial charge in [0, 0.05) is 6.54 Å². The second-order valence-corrected chi connectivity index (χ2v) is 8.83. The number of allylic oxidation sites excluding steroid dienone is 1. The van der Waals surface area contributed by atoms with E-state index < -0.39 is 12.1 Å². The van der Waals surface area contributed by atoms with Crippen LogP contribution in [0.5, 0.6) is 0 Å². The third-order valence-electron chi connectivity index (χ3n) is 5.09. The van der Waals surface area contributed by atoms with Crippen molar-refractivity contribution in [2.24, 2.45) is 0 Å². The molecule has 2 atom stereocenters. The zero-order chi connectivity index (χ0) is 22.8. The number of aryl methyl sites for hydroxylation is 1. The summed E-state index contributed by atoms with van der Waals surface area (Å²) in [4.78, 5) is 0. The first-order valence-electron chi connectivity index (χ1n) is 9.66. The van der Waals surface area contributed by atoms with Gasteiger partial charge in [0.1, 0.15) is 0 Å². The van der Waals surface area contributed by atoms with Crippen LogP contribution in [0.15, 0.2) is 36.4 Å². The largest absolute Gasteiger partial charge is 0.399 e. The number of hydrogen-bond donors (Lipinski definition) is 2. The number of hydrogen-bond acceptors (Lipinski definition) is 1. The fraction of sp³-hybridized carbons (Fsp3) is 0.318. The van der Waals surface area contributed by atoms with Crippen LogP contribution in [-0.4, -0.2) is 17.8 Å². The summed E-state index contributed by atoms with van der Waals surface area (Å²) in [5, 5.41) is 6.94. The van der Waals surface area contributed by atoms with Crippen LogP contribution < -0.4 is 10.6 Å². The molecule has 0 fully saturated rings. The van der Waals surface area contributed by atoms with Gasteiger partial charge >= 0.3 is 6.18 Å². The van der Waals surface area contributed by atoms with Crippen molar-refractivity contribution in [3.63, 3.8) is 0 Å². The van der Waals surface area contributed by atoms with Crippen molar-refractivity contribution >= 4 is 58.2 Å². The smallest absolute Gasteiger partial charge is 0.363 e. The Morgan fingerprint density at radius 2 is 1.87 bits per heavy atom. The lowest BCUT2D eigenvalue weighted by molar-refractivity contribution is -0.139. The monoisotopic (exact) mass is 506 g/mol. The molecule has 2 aromatic carbocycles. The fourth-order valence-electron chi connectivity index (χ4n) is 3.63. The van der Waals surface area contributed by atoms with Crippen LogP contribution in [0, 0.1) is 0 Å². The number of halogens is 6. The average Bonchev–Trinajstić information content (AvgIpc) is 3.07. The van der Waals surface area contributed by atoms with Crippen LogP contribution in [-0.2, 0) is 6.42 Å². The van der Waals surface area contributed by atoms with Crippen molar-refractivity contribution < 1.29 is 13.2 Å². The molecule has 0 bridgehead atoms. The number of alkyl halides is 3. The molecular weight excluding hydrogens is 488 g/mol. The lowest BCUT2D eigenvalue weighted by Crippen LogP contribution is -2.36. The fourth-order valence-corrected chi connectivity index (χ4v) is 4.53. The van der Waals surface area contributed by atoms with Gasteiger partial charge in [-0.1, -0.05) is 65.2 Å². The summed E-state index contributed by atoms with van der Waals surface area (Å²) in [6, 6.07) is 8.16. The highest BCUT2D eigenvalue weighted by Gasteiger charge is 2.39. The van der Waals surface area contributed by atoms with Crippen molar-refractivity contribution in [2.45, 2.75) is 37.9 Å². The van der Waals surface area contributed by atoms with Gasteiger partial charge in [-0.15, -0.1) is 0 Å². The van der Waals surface area contributed by atoms with Crippen LogP contribution in [0.3, 0.4) is 0 Å². The predicted octanol–water partition coefficient (Wildman–Crippen LogP) is 7.48. The van der Waals surface area contributed by atoms with E-state index >= 15 is 0 Å². The minimum Gasteiger partial charge on any atom is -0.363 e. The molecule has 3 rings (SSSR count). The number of nitrogens with one attached hydrogen (secondary N) is 2. The highest BCUT2D eigenvalue weighted by Crippen LogP contribution is 2.41. The maximum absolute atomic E-state index is 13.7. The summed E-state index contributed by atoms with van der Waals surface area (Å²) in [7, 11) is 0. The Morgan fingerprint density at radius 1 is 1.19 bits per heavy atom. The highest BCUT2D eigenvalue weighted by atomic mass is 35.5. The van der Waals surface area contributed by atoms with E-state index in [1.165, 1.54) is 18.2 Å². The minimum absolute atomic E-state index is 0.0154. The van der Waals surface area contributed by atoms with E-state index in [1.54, 1.807) is 6.07 Å². The zero-order valence-electron chi connectivity index (χ0n) is 16.5. The van der Waals surface area contributed by atoms with Crippen molar-refractivity contribution in [3.05, 3.63) is 73.7 Å². The topological polar surface area (TPSA) is 24.1 Å². The Hall–Kier alpha value is -1.47. The summed E-state index contributed by atoms with van der Waals surface area (Å²) < 4.78 is 41.2. The molecule has 2 nitrogen and oxygen atoms in total. The van der Waals surface area contributed by atoms with Crippen LogP contribution in [0.2, 0.25) is 15.1 Å². The van der Waals surface area contributed by atoms with Gasteiger partial charge in [0.15, 0.2) is 5.11 Å². The molecule has 31 heavy (non-hydrogen) atoms. The van der Waals surface area contributed by atoms with Crippen LogP contribution in [0.25, 0.3) is 6.08 Å². The van der Waals surface area contributed by atoms with Gasteiger partial charge in [0.2, 0.25) is 0 Å². The number of thiocarbonyl (C=S) groups is 1. The van der Waals surface area contributed by atoms with Crippen LogP contribution in [0.4, 0.5) is 13.2 Å². The van der Waals surface area contributed by atoms with E-state index in [0.29, 0.717) is 10.7 Å². The van der Waals surface area contributed by atoms with Gasteiger partial charge in [-0.3, -0.25) is 0 Å². The molecule has 0 saturated heterocycles. The summed E-state index contributed by atoms with van der Waals surface area (Å²) >= 11 is 23.0. The third kappa shape index (κ3) is 5.86. The Bertz CT molecular complexity index is 985. The van der Waals surface area contributed by atoms with Gasteiger partial charge in [-0.2, -0.15) is 13.2 Å². The van der Waals surface area contributed by atoms with Crippen molar-refractivity contribution in [3.8, 4) is 0 Å². The van der Waals surface area contributed by atoms with Crippen LogP contribution >= 0.6 is 47.0 Å². The minimum atomic E-state index is -4.51. The first kappa shape index (κ1) is 24.2. The SMILES string of the molecule is CCNC(=S)NC1CCc2cc(C=CC(c3cc(Cl)c(Cl)c(Cl)c3)C(F)(F)F)ccc21. The molecule has 9 heteroatoms. The van der Waals surface area contributed by atoms with Gasteiger partial charge in [0.25, 0.3) is 0 Å². The Labute approximate surface area is 199 Å². The van der Waals surface area contributed by atoms with E-state index in [0.717, 1.165) is 36.6 Å². The molecule has 2 unspecified atom stereocenters. The first-order chi connectivity index (χ1) is 14.6. The zero-order valence-corrected chi connectivity index (χ0v) is 19.6. The second kappa shape index (κ2) is 9.99. The molecule has 0 spiro atoms. The summed E-state index contributed by atoms with van der Waals surface area (Å²) in [5.74, 6) is -1.86. The quantitative estimate of drug-likeness (QED) is 0.324. The molecule has 1 aliphatic carbocycles. The predicted molar refractivity (Wildman–Crippen MR) is 126 cm³/mol. The molecule has 166 valence electrons. The maximum Gasteiger partial charge on any atom is 0.399 e. The summed E-state index contributed by atoms with van der Waals surface area (Å²) in [6.45, 7) is 2.70. The lowest BCUT2D eigenvalue weighted by Gasteiger charge is -2.18. The molecule has 0 amide bonds. The lowest BCUT2D eigenvalue weighted by atomic mass is 9.96. The number of fused-ring (bicyclic) bond motifs is 1. The average molecular weight is 508 g/mol.